The van der Waals surface area contributed by atoms with E-state index in [1.807, 2.05) is 6.07 Å². The molecule has 128 valence electrons. The van der Waals surface area contributed by atoms with Crippen LogP contribution >= 0.6 is 11.6 Å². The van der Waals surface area contributed by atoms with Gasteiger partial charge in [0.15, 0.2) is 6.10 Å². The summed E-state index contributed by atoms with van der Waals surface area (Å²) in [7, 11) is 0. The van der Waals surface area contributed by atoms with E-state index >= 15 is 0 Å². The average molecular weight is 339 g/mol. The van der Waals surface area contributed by atoms with Crippen LogP contribution in [0.3, 0.4) is 0 Å². The van der Waals surface area contributed by atoms with Crippen molar-refractivity contribution in [3.8, 4) is 5.75 Å². The molecule has 2 rings (SSSR count). The normalized spacial score (nSPS) is 17.7. The topological polar surface area (TPSA) is 41.6 Å². The number of rotatable bonds is 7. The van der Waals surface area contributed by atoms with Gasteiger partial charge in [-0.15, -0.1) is 0 Å². The molecule has 1 aromatic rings. The molecule has 5 heteroatoms. The first-order valence-corrected chi connectivity index (χ1v) is 8.84. The van der Waals surface area contributed by atoms with Crippen molar-refractivity contribution in [2.75, 3.05) is 26.2 Å². The van der Waals surface area contributed by atoms with Crippen molar-refractivity contribution in [2.24, 2.45) is 5.92 Å². The lowest BCUT2D eigenvalue weighted by atomic mass is 9.99. The molecule has 1 heterocycles. The van der Waals surface area contributed by atoms with E-state index in [-0.39, 0.29) is 5.91 Å². The van der Waals surface area contributed by atoms with E-state index in [1.165, 1.54) is 25.9 Å². The summed E-state index contributed by atoms with van der Waals surface area (Å²) in [5.41, 5.74) is 0. The lowest BCUT2D eigenvalue weighted by Gasteiger charge is -2.30. The number of nitrogens with zero attached hydrogens (tertiary/aromatic N) is 1. The first-order chi connectivity index (χ1) is 11.0. The first kappa shape index (κ1) is 18.1. The lowest BCUT2D eigenvalue weighted by molar-refractivity contribution is -0.127. The van der Waals surface area contributed by atoms with E-state index in [0.717, 1.165) is 18.9 Å². The maximum absolute atomic E-state index is 12.0. The lowest BCUT2D eigenvalue weighted by Crippen LogP contribution is -2.39. The molecule has 1 aliphatic rings. The molecule has 4 nitrogen and oxygen atoms in total. The Bertz CT molecular complexity index is 502. The summed E-state index contributed by atoms with van der Waals surface area (Å²) < 4.78 is 5.61. The maximum atomic E-state index is 12.0. The SMILES string of the molecule is CC1CCN(CCCNC(=O)[C@H](C)Oc2cccc(Cl)c2)CC1. The molecule has 0 unspecified atom stereocenters. The molecule has 1 saturated heterocycles. The molecule has 1 N–H and O–H groups in total. The third-order valence-corrected chi connectivity index (χ3v) is 4.54. The number of carbonyl (C=O) groups is 1. The predicted octanol–water partition coefficient (Wildman–Crippen LogP) is 3.35. The van der Waals surface area contributed by atoms with Gasteiger partial charge in [0.05, 0.1) is 0 Å². The molecule has 1 aromatic carbocycles. The zero-order valence-electron chi connectivity index (χ0n) is 14.1. The third-order valence-electron chi connectivity index (χ3n) is 4.30. The Morgan fingerprint density at radius 1 is 1.43 bits per heavy atom. The number of hydrogen-bond acceptors (Lipinski definition) is 3. The van der Waals surface area contributed by atoms with Crippen molar-refractivity contribution in [3.63, 3.8) is 0 Å². The molecule has 0 radical (unpaired) electrons. The van der Waals surface area contributed by atoms with Crippen LogP contribution < -0.4 is 10.1 Å². The molecule has 0 bridgehead atoms. The van der Waals surface area contributed by atoms with Crippen LogP contribution in [0.25, 0.3) is 0 Å². The number of piperidine rings is 1. The molecular weight excluding hydrogens is 312 g/mol. The van der Waals surface area contributed by atoms with E-state index in [2.05, 4.69) is 17.1 Å². The minimum Gasteiger partial charge on any atom is -0.481 e. The number of hydrogen-bond donors (Lipinski definition) is 1. The van der Waals surface area contributed by atoms with Crippen LogP contribution in [0.2, 0.25) is 5.02 Å². The molecule has 0 aliphatic carbocycles. The number of benzene rings is 1. The van der Waals surface area contributed by atoms with Crippen LogP contribution in [-0.4, -0.2) is 43.1 Å². The Labute approximate surface area is 144 Å². The molecule has 1 amide bonds. The van der Waals surface area contributed by atoms with E-state index in [9.17, 15) is 4.79 Å². The molecule has 0 spiro atoms. The van der Waals surface area contributed by atoms with Gasteiger partial charge in [-0.2, -0.15) is 0 Å². The van der Waals surface area contributed by atoms with Gasteiger partial charge in [0, 0.05) is 11.6 Å². The second-order valence-electron chi connectivity index (χ2n) is 6.39. The highest BCUT2D eigenvalue weighted by atomic mass is 35.5. The fourth-order valence-corrected chi connectivity index (χ4v) is 2.92. The molecule has 23 heavy (non-hydrogen) atoms. The summed E-state index contributed by atoms with van der Waals surface area (Å²) in [6, 6.07) is 7.10. The number of carbonyl (C=O) groups excluding carboxylic acids is 1. The molecular formula is C18H27ClN2O2. The Morgan fingerprint density at radius 3 is 2.87 bits per heavy atom. The van der Waals surface area contributed by atoms with Crippen molar-refractivity contribution in [1.29, 1.82) is 0 Å². The highest BCUT2D eigenvalue weighted by molar-refractivity contribution is 6.30. The summed E-state index contributed by atoms with van der Waals surface area (Å²) in [6.07, 6.45) is 3.03. The second-order valence-corrected chi connectivity index (χ2v) is 6.82. The van der Waals surface area contributed by atoms with Crippen LogP contribution in [0.4, 0.5) is 0 Å². The largest absolute Gasteiger partial charge is 0.481 e. The zero-order valence-corrected chi connectivity index (χ0v) is 14.8. The number of likely N-dealkylation sites (tertiary alicyclic amines) is 1. The van der Waals surface area contributed by atoms with E-state index < -0.39 is 6.10 Å². The number of halogens is 1. The second kappa shape index (κ2) is 9.14. The van der Waals surface area contributed by atoms with Gasteiger partial charge in [0.2, 0.25) is 0 Å². The fourth-order valence-electron chi connectivity index (χ4n) is 2.74. The fraction of sp³-hybridized carbons (Fsp3) is 0.611. The summed E-state index contributed by atoms with van der Waals surface area (Å²) in [5, 5.41) is 3.54. The van der Waals surface area contributed by atoms with Gasteiger partial charge in [0.25, 0.3) is 5.91 Å². The van der Waals surface area contributed by atoms with Gasteiger partial charge < -0.3 is 15.0 Å². The number of nitrogens with one attached hydrogen (secondary N) is 1. The van der Waals surface area contributed by atoms with Gasteiger partial charge in [-0.3, -0.25) is 4.79 Å². The van der Waals surface area contributed by atoms with Crippen molar-refractivity contribution in [1.82, 2.24) is 10.2 Å². The third kappa shape index (κ3) is 6.40. The Balaban J connectivity index is 1.62. The van der Waals surface area contributed by atoms with Gasteiger partial charge in [0.1, 0.15) is 5.75 Å². The average Bonchev–Trinajstić information content (AvgIpc) is 2.53. The molecule has 0 saturated carbocycles. The summed E-state index contributed by atoms with van der Waals surface area (Å²) in [5.74, 6) is 1.38. The predicted molar refractivity (Wildman–Crippen MR) is 94.0 cm³/mol. The molecule has 1 atom stereocenters. The van der Waals surface area contributed by atoms with Crippen molar-refractivity contribution < 1.29 is 9.53 Å². The van der Waals surface area contributed by atoms with E-state index in [0.29, 0.717) is 17.3 Å². The Morgan fingerprint density at radius 2 is 2.17 bits per heavy atom. The highest BCUT2D eigenvalue weighted by Gasteiger charge is 2.16. The number of amides is 1. The summed E-state index contributed by atoms with van der Waals surface area (Å²) in [4.78, 5) is 14.5. The van der Waals surface area contributed by atoms with Crippen molar-refractivity contribution in [2.45, 2.75) is 39.2 Å². The van der Waals surface area contributed by atoms with Crippen molar-refractivity contribution in [3.05, 3.63) is 29.3 Å². The van der Waals surface area contributed by atoms with Gasteiger partial charge in [-0.25, -0.2) is 0 Å². The molecule has 0 aromatic heterocycles. The smallest absolute Gasteiger partial charge is 0.260 e. The quantitative estimate of drug-likeness (QED) is 0.775. The van der Waals surface area contributed by atoms with Crippen LogP contribution in [0, 0.1) is 5.92 Å². The highest BCUT2D eigenvalue weighted by Crippen LogP contribution is 2.18. The van der Waals surface area contributed by atoms with Gasteiger partial charge >= 0.3 is 0 Å². The van der Waals surface area contributed by atoms with Crippen LogP contribution in [0.15, 0.2) is 24.3 Å². The number of ether oxygens (including phenoxy) is 1. The van der Waals surface area contributed by atoms with E-state index in [4.69, 9.17) is 16.3 Å². The Hall–Kier alpha value is -1.26. The minimum atomic E-state index is -0.524. The van der Waals surface area contributed by atoms with Gasteiger partial charge in [-0.1, -0.05) is 24.6 Å². The summed E-state index contributed by atoms with van der Waals surface area (Å²) >= 11 is 5.91. The first-order valence-electron chi connectivity index (χ1n) is 8.47. The van der Waals surface area contributed by atoms with Crippen LogP contribution in [0.1, 0.15) is 33.1 Å². The van der Waals surface area contributed by atoms with Crippen molar-refractivity contribution >= 4 is 17.5 Å². The monoisotopic (exact) mass is 338 g/mol. The van der Waals surface area contributed by atoms with E-state index in [1.54, 1.807) is 25.1 Å². The minimum absolute atomic E-state index is 0.0859. The Kier molecular flexibility index (Phi) is 7.18. The zero-order chi connectivity index (χ0) is 16.7. The maximum Gasteiger partial charge on any atom is 0.260 e. The molecule has 1 fully saturated rings. The van der Waals surface area contributed by atoms with Gasteiger partial charge in [-0.05, 0) is 69.9 Å². The standard InChI is InChI=1S/C18H27ClN2O2/c1-14-7-11-21(12-8-14)10-4-9-20-18(22)15(2)23-17-6-3-5-16(19)13-17/h3,5-6,13-15H,4,7-12H2,1-2H3,(H,20,22)/t15-/m0/s1. The van der Waals surface area contributed by atoms with Crippen LogP contribution in [-0.2, 0) is 4.79 Å². The van der Waals surface area contributed by atoms with Crippen LogP contribution in [0.5, 0.6) is 5.75 Å². The summed E-state index contributed by atoms with van der Waals surface area (Å²) in [6.45, 7) is 8.18. The molecule has 1 aliphatic heterocycles.